The molecule has 0 bridgehead atoms. The van der Waals surface area contributed by atoms with Crippen LogP contribution in [0.25, 0.3) is 0 Å². The molecule has 2 heterocycles. The molecule has 102 valence electrons. The lowest BCUT2D eigenvalue weighted by atomic mass is 10.2. The number of rotatable bonds is 2. The highest BCUT2D eigenvalue weighted by molar-refractivity contribution is 7.12. The number of hydrogen-bond donors (Lipinski definition) is 1. The van der Waals surface area contributed by atoms with E-state index in [1.54, 1.807) is 0 Å². The molecule has 0 aliphatic carbocycles. The van der Waals surface area contributed by atoms with Crippen LogP contribution in [0.15, 0.2) is 11.4 Å². The maximum Gasteiger partial charge on any atom is 0.265 e. The van der Waals surface area contributed by atoms with Gasteiger partial charge in [-0.25, -0.2) is 0 Å². The second-order valence-corrected chi connectivity index (χ2v) is 5.19. The molecule has 2 rings (SSSR count). The predicted molar refractivity (Wildman–Crippen MR) is 74.2 cm³/mol. The Morgan fingerprint density at radius 1 is 1.68 bits per heavy atom. The third-order valence-corrected chi connectivity index (χ3v) is 3.95. The fourth-order valence-electron chi connectivity index (χ4n) is 2.00. The minimum atomic E-state index is -0.195. The third-order valence-electron chi connectivity index (χ3n) is 3.04. The van der Waals surface area contributed by atoms with E-state index < -0.39 is 0 Å². The fraction of sp³-hybridized carbons (Fsp3) is 0.500. The Bertz CT molecular complexity index is 500. The number of aliphatic hydroxyl groups excluding tert-OH is 1. The molecule has 4 nitrogen and oxygen atoms in total. The summed E-state index contributed by atoms with van der Waals surface area (Å²) in [5.41, 5.74) is 0.698. The molecule has 19 heavy (non-hydrogen) atoms. The number of nitrogens with zero attached hydrogens (tertiary/aromatic N) is 1. The van der Waals surface area contributed by atoms with Crippen molar-refractivity contribution in [3.8, 4) is 11.8 Å². The van der Waals surface area contributed by atoms with Gasteiger partial charge in [-0.15, -0.1) is 11.3 Å². The standard InChI is InChI=1S/C14H17NO3S/c1-2-12-10-15(6-8-18-12)14(17)13-11(4-3-7-16)5-9-19-13/h5,9,12,16H,2,6-8,10H2,1H3. The zero-order valence-corrected chi connectivity index (χ0v) is 11.7. The van der Waals surface area contributed by atoms with Gasteiger partial charge in [0.05, 0.1) is 12.7 Å². The van der Waals surface area contributed by atoms with Crippen molar-refractivity contribution in [1.29, 1.82) is 0 Å². The van der Waals surface area contributed by atoms with Crippen LogP contribution in [-0.2, 0) is 4.74 Å². The molecule has 0 saturated carbocycles. The van der Waals surface area contributed by atoms with Crippen molar-refractivity contribution in [3.63, 3.8) is 0 Å². The fourth-order valence-corrected chi connectivity index (χ4v) is 2.82. The monoisotopic (exact) mass is 279 g/mol. The number of thiophene rings is 1. The van der Waals surface area contributed by atoms with E-state index in [1.165, 1.54) is 11.3 Å². The van der Waals surface area contributed by atoms with Crippen LogP contribution in [0.1, 0.15) is 28.6 Å². The summed E-state index contributed by atoms with van der Waals surface area (Å²) in [6.07, 6.45) is 1.04. The molecule has 0 aromatic carbocycles. The van der Waals surface area contributed by atoms with Crippen molar-refractivity contribution in [1.82, 2.24) is 4.90 Å². The van der Waals surface area contributed by atoms with E-state index in [-0.39, 0.29) is 18.6 Å². The van der Waals surface area contributed by atoms with Crippen LogP contribution in [0.5, 0.6) is 0 Å². The lowest BCUT2D eigenvalue weighted by Gasteiger charge is -2.32. The minimum Gasteiger partial charge on any atom is -0.384 e. The minimum absolute atomic E-state index is 0.0130. The summed E-state index contributed by atoms with van der Waals surface area (Å²) in [6, 6.07) is 1.82. The van der Waals surface area contributed by atoms with E-state index in [9.17, 15) is 4.79 Å². The summed E-state index contributed by atoms with van der Waals surface area (Å²) in [4.78, 5) is 14.9. The van der Waals surface area contributed by atoms with E-state index in [1.807, 2.05) is 16.3 Å². The van der Waals surface area contributed by atoms with Gasteiger partial charge >= 0.3 is 0 Å². The van der Waals surface area contributed by atoms with Crippen molar-refractivity contribution in [2.75, 3.05) is 26.3 Å². The van der Waals surface area contributed by atoms with Crippen molar-refractivity contribution in [3.05, 3.63) is 21.9 Å². The Labute approximate surface area is 117 Å². The van der Waals surface area contributed by atoms with Gasteiger partial charge in [-0.2, -0.15) is 0 Å². The molecule has 1 atom stereocenters. The topological polar surface area (TPSA) is 49.8 Å². The molecule has 1 aliphatic heterocycles. The Morgan fingerprint density at radius 3 is 3.26 bits per heavy atom. The molecule has 1 aliphatic rings. The maximum absolute atomic E-state index is 12.5. The van der Waals surface area contributed by atoms with Crippen LogP contribution in [0, 0.1) is 11.8 Å². The first-order chi connectivity index (χ1) is 9.26. The summed E-state index contributed by atoms with van der Waals surface area (Å²) in [6.45, 7) is 3.72. The molecular weight excluding hydrogens is 262 g/mol. The zero-order valence-electron chi connectivity index (χ0n) is 10.9. The highest BCUT2D eigenvalue weighted by Crippen LogP contribution is 2.20. The number of carbonyl (C=O) groups is 1. The summed E-state index contributed by atoms with van der Waals surface area (Å²) in [7, 11) is 0. The van der Waals surface area contributed by atoms with Crippen LogP contribution in [0.2, 0.25) is 0 Å². The first-order valence-corrected chi connectivity index (χ1v) is 7.22. The lowest BCUT2D eigenvalue weighted by Crippen LogP contribution is -2.45. The third kappa shape index (κ3) is 3.35. The van der Waals surface area contributed by atoms with Gasteiger partial charge in [-0.3, -0.25) is 4.79 Å². The van der Waals surface area contributed by atoms with Crippen molar-refractivity contribution >= 4 is 17.2 Å². The second kappa shape index (κ2) is 6.71. The molecule has 1 saturated heterocycles. The molecule has 5 heteroatoms. The van der Waals surface area contributed by atoms with Gasteiger partial charge in [0.2, 0.25) is 0 Å². The normalized spacial score (nSPS) is 18.8. The van der Waals surface area contributed by atoms with Crippen LogP contribution in [0.3, 0.4) is 0 Å². The van der Waals surface area contributed by atoms with E-state index in [2.05, 4.69) is 18.8 Å². The van der Waals surface area contributed by atoms with Crippen molar-refractivity contribution < 1.29 is 14.6 Å². The Kier molecular flexibility index (Phi) is 4.97. The van der Waals surface area contributed by atoms with Crippen LogP contribution in [-0.4, -0.2) is 48.3 Å². The molecule has 1 fully saturated rings. The van der Waals surface area contributed by atoms with Crippen molar-refractivity contribution in [2.24, 2.45) is 0 Å². The van der Waals surface area contributed by atoms with Gasteiger partial charge < -0.3 is 14.7 Å². The first-order valence-electron chi connectivity index (χ1n) is 6.34. The van der Waals surface area contributed by atoms with Gasteiger partial charge in [0.15, 0.2) is 0 Å². The largest absolute Gasteiger partial charge is 0.384 e. The lowest BCUT2D eigenvalue weighted by molar-refractivity contribution is -0.0224. The number of amides is 1. The van der Waals surface area contributed by atoms with E-state index >= 15 is 0 Å². The molecule has 1 unspecified atom stereocenters. The Balaban J connectivity index is 2.13. The highest BCUT2D eigenvalue weighted by atomic mass is 32.1. The summed E-state index contributed by atoms with van der Waals surface area (Å²) < 4.78 is 5.57. The molecule has 1 N–H and O–H groups in total. The Hall–Kier alpha value is -1.35. The SMILES string of the molecule is CCC1CN(C(=O)c2sccc2C#CCO)CCO1. The molecule has 1 amide bonds. The van der Waals surface area contributed by atoms with Gasteiger partial charge in [-0.1, -0.05) is 18.8 Å². The Morgan fingerprint density at radius 2 is 2.53 bits per heavy atom. The smallest absolute Gasteiger partial charge is 0.265 e. The average Bonchev–Trinajstić information content (AvgIpc) is 2.92. The van der Waals surface area contributed by atoms with Gasteiger partial charge in [-0.05, 0) is 17.9 Å². The van der Waals surface area contributed by atoms with E-state index in [4.69, 9.17) is 9.84 Å². The predicted octanol–water partition coefficient (Wildman–Crippen LogP) is 1.34. The van der Waals surface area contributed by atoms with E-state index in [0.29, 0.717) is 30.1 Å². The number of aliphatic hydroxyl groups is 1. The first kappa shape index (κ1) is 14.1. The molecule has 0 spiro atoms. The highest BCUT2D eigenvalue weighted by Gasteiger charge is 2.25. The van der Waals surface area contributed by atoms with Gasteiger partial charge in [0.1, 0.15) is 11.5 Å². The summed E-state index contributed by atoms with van der Waals surface area (Å²) in [5, 5.41) is 10.6. The van der Waals surface area contributed by atoms with Gasteiger partial charge in [0.25, 0.3) is 5.91 Å². The zero-order chi connectivity index (χ0) is 13.7. The number of carbonyl (C=O) groups excluding carboxylic acids is 1. The van der Waals surface area contributed by atoms with E-state index in [0.717, 1.165) is 6.42 Å². The second-order valence-electron chi connectivity index (χ2n) is 4.28. The number of morpholine rings is 1. The molecule has 1 aromatic heterocycles. The number of ether oxygens (including phenoxy) is 1. The van der Waals surface area contributed by atoms with Crippen LogP contribution in [0.4, 0.5) is 0 Å². The maximum atomic E-state index is 12.5. The summed E-state index contributed by atoms with van der Waals surface area (Å²) >= 11 is 1.39. The molecule has 0 radical (unpaired) electrons. The van der Waals surface area contributed by atoms with Crippen LogP contribution < -0.4 is 0 Å². The molecule has 1 aromatic rings. The number of hydrogen-bond acceptors (Lipinski definition) is 4. The molecular formula is C14H17NO3S. The van der Waals surface area contributed by atoms with Crippen molar-refractivity contribution in [2.45, 2.75) is 19.4 Å². The quantitative estimate of drug-likeness (QED) is 0.831. The van der Waals surface area contributed by atoms with Crippen LogP contribution >= 0.6 is 11.3 Å². The van der Waals surface area contributed by atoms with Gasteiger partial charge in [0, 0.05) is 18.7 Å². The summed E-state index contributed by atoms with van der Waals surface area (Å²) in [5.74, 6) is 5.42. The average molecular weight is 279 g/mol.